The quantitative estimate of drug-likeness (QED) is 0.284. The van der Waals surface area contributed by atoms with E-state index in [0.717, 1.165) is 18.3 Å². The topological polar surface area (TPSA) is 26.3 Å². The number of hydrogen-bond acceptors (Lipinski definition) is 2. The second-order valence-electron chi connectivity index (χ2n) is 15.9. The smallest absolute Gasteiger partial charge is 0.302 e. The Labute approximate surface area is 210 Å². The van der Waals surface area contributed by atoms with Crippen molar-refractivity contribution >= 4 is 5.97 Å². The second kappa shape index (κ2) is 7.38. The minimum Gasteiger partial charge on any atom is -0.462 e. The predicted molar refractivity (Wildman–Crippen MR) is 140 cm³/mol. The fourth-order valence-corrected chi connectivity index (χ4v) is 11.2. The molecule has 0 aliphatic heterocycles. The number of allylic oxidation sites excluding steroid dienone is 2. The maximum atomic E-state index is 11.9. The molecular weight excluding hydrogens is 416 g/mol. The third-order valence-electron chi connectivity index (χ3n) is 13.0. The summed E-state index contributed by atoms with van der Waals surface area (Å²) in [4.78, 5) is 11.9. The van der Waals surface area contributed by atoms with Crippen LogP contribution in [0.5, 0.6) is 0 Å². The van der Waals surface area contributed by atoms with Gasteiger partial charge in [0.2, 0.25) is 0 Å². The SMILES string of the molecule is CC(=O)O[C@H]1CC[C@@]2(C)C(CC[C@@]3(C)C4=CC[C@@]5(C)CCC(C)(C)C[C@H]5C4(C)CCC23)C1(C)C. The zero-order valence-electron chi connectivity index (χ0n) is 23.8. The van der Waals surface area contributed by atoms with Gasteiger partial charge in [-0.1, -0.05) is 67.0 Å². The normalized spacial score (nSPS) is 51.1. The predicted octanol–water partition coefficient (Wildman–Crippen LogP) is 8.74. The lowest BCUT2D eigenvalue weighted by molar-refractivity contribution is -0.198. The van der Waals surface area contributed by atoms with Gasteiger partial charge in [-0.2, -0.15) is 0 Å². The van der Waals surface area contributed by atoms with E-state index in [1.54, 1.807) is 6.92 Å². The number of hydrogen-bond donors (Lipinski definition) is 0. The van der Waals surface area contributed by atoms with Crippen LogP contribution in [0.3, 0.4) is 0 Å². The monoisotopic (exact) mass is 468 g/mol. The van der Waals surface area contributed by atoms with Gasteiger partial charge in [-0.3, -0.25) is 4.79 Å². The van der Waals surface area contributed by atoms with Gasteiger partial charge in [0.25, 0.3) is 0 Å². The van der Waals surface area contributed by atoms with E-state index in [2.05, 4.69) is 61.5 Å². The molecule has 0 aromatic carbocycles. The lowest BCUT2D eigenvalue weighted by atomic mass is 9.34. The van der Waals surface area contributed by atoms with Gasteiger partial charge in [0.05, 0.1) is 0 Å². The first-order valence-corrected chi connectivity index (χ1v) is 14.5. The zero-order valence-corrected chi connectivity index (χ0v) is 23.8. The molecule has 0 bridgehead atoms. The van der Waals surface area contributed by atoms with Crippen molar-refractivity contribution in [3.8, 4) is 0 Å². The van der Waals surface area contributed by atoms with E-state index in [0.29, 0.717) is 33.0 Å². The summed E-state index contributed by atoms with van der Waals surface area (Å²) in [6, 6.07) is 0. The van der Waals surface area contributed by atoms with Crippen LogP contribution >= 0.6 is 0 Å². The fourth-order valence-electron chi connectivity index (χ4n) is 11.2. The van der Waals surface area contributed by atoms with Crippen molar-refractivity contribution in [3.05, 3.63) is 11.6 Å². The summed E-state index contributed by atoms with van der Waals surface area (Å²) < 4.78 is 5.90. The maximum Gasteiger partial charge on any atom is 0.302 e. The maximum absolute atomic E-state index is 11.9. The Morgan fingerprint density at radius 1 is 0.794 bits per heavy atom. The minimum absolute atomic E-state index is 0.0493. The van der Waals surface area contributed by atoms with E-state index in [-0.39, 0.29) is 17.5 Å². The third kappa shape index (κ3) is 3.28. The Bertz CT molecular complexity index is 897. The van der Waals surface area contributed by atoms with E-state index >= 15 is 0 Å². The van der Waals surface area contributed by atoms with Gasteiger partial charge in [-0.05, 0) is 109 Å². The van der Waals surface area contributed by atoms with Gasteiger partial charge >= 0.3 is 5.97 Å². The summed E-state index contributed by atoms with van der Waals surface area (Å²) >= 11 is 0. The van der Waals surface area contributed by atoms with Crippen LogP contribution in [0.15, 0.2) is 11.6 Å². The van der Waals surface area contributed by atoms with Gasteiger partial charge in [-0.25, -0.2) is 0 Å². The van der Waals surface area contributed by atoms with Crippen LogP contribution in [-0.2, 0) is 9.53 Å². The van der Waals surface area contributed by atoms with Crippen LogP contribution in [0.25, 0.3) is 0 Å². The molecule has 2 nitrogen and oxygen atoms in total. The van der Waals surface area contributed by atoms with Crippen molar-refractivity contribution in [2.45, 2.75) is 133 Å². The molecule has 4 saturated carbocycles. The molecule has 5 aliphatic carbocycles. The molecule has 0 aromatic rings. The van der Waals surface area contributed by atoms with Crippen LogP contribution in [0.1, 0.15) is 127 Å². The van der Waals surface area contributed by atoms with Crippen molar-refractivity contribution in [1.82, 2.24) is 0 Å². The lowest BCUT2D eigenvalue weighted by Crippen LogP contribution is -2.63. The van der Waals surface area contributed by atoms with Crippen LogP contribution in [0.4, 0.5) is 0 Å². The molecule has 0 saturated heterocycles. The molecule has 5 aliphatic rings. The van der Waals surface area contributed by atoms with Gasteiger partial charge in [-0.15, -0.1) is 0 Å². The Hall–Kier alpha value is -0.790. The third-order valence-corrected chi connectivity index (χ3v) is 13.0. The Morgan fingerprint density at radius 2 is 1.41 bits per heavy atom. The van der Waals surface area contributed by atoms with E-state index < -0.39 is 0 Å². The summed E-state index contributed by atoms with van der Waals surface area (Å²) in [6.07, 6.45) is 15.9. The van der Waals surface area contributed by atoms with Gasteiger partial charge in [0.1, 0.15) is 6.10 Å². The molecule has 3 unspecified atom stereocenters. The average Bonchev–Trinajstić information content (AvgIpc) is 2.70. The average molecular weight is 469 g/mol. The number of ether oxygens (including phenoxy) is 1. The molecule has 0 spiro atoms. The first kappa shape index (κ1) is 24.9. The second-order valence-corrected chi connectivity index (χ2v) is 15.9. The fraction of sp³-hybridized carbons (Fsp3) is 0.906. The molecule has 5 rings (SSSR count). The van der Waals surface area contributed by atoms with E-state index in [9.17, 15) is 4.79 Å². The summed E-state index contributed by atoms with van der Waals surface area (Å²) in [5.74, 6) is 2.09. The minimum atomic E-state index is -0.110. The summed E-state index contributed by atoms with van der Waals surface area (Å²) in [7, 11) is 0. The number of esters is 1. The zero-order chi connectivity index (χ0) is 24.9. The number of carbonyl (C=O) groups excluding carboxylic acids is 1. The number of fused-ring (bicyclic) bond motifs is 7. The van der Waals surface area contributed by atoms with Crippen LogP contribution in [0, 0.1) is 50.2 Å². The standard InChI is InChI=1S/C32H52O2/c1-21(33)34-26-13-17-30(7)22(28(26,4)5)11-15-31(8)23-10-14-29(6)19-18-27(2,3)20-25(29)32(23,9)16-12-24(30)31/h10,22,24-26H,11-20H2,1-9H3/t22?,24?,25-,26+,29+,30+,31+,32?/m1/s1. The first-order valence-electron chi connectivity index (χ1n) is 14.5. The summed E-state index contributed by atoms with van der Waals surface area (Å²) in [5, 5.41) is 0. The van der Waals surface area contributed by atoms with Crippen molar-refractivity contribution in [2.24, 2.45) is 50.2 Å². The molecule has 2 heteroatoms. The van der Waals surface area contributed by atoms with Crippen LogP contribution in [-0.4, -0.2) is 12.1 Å². The summed E-state index contributed by atoms with van der Waals surface area (Å²) in [5.41, 5.74) is 3.90. The first-order chi connectivity index (χ1) is 15.6. The summed E-state index contributed by atoms with van der Waals surface area (Å²) in [6.45, 7) is 22.0. The van der Waals surface area contributed by atoms with Gasteiger partial charge < -0.3 is 4.74 Å². The van der Waals surface area contributed by atoms with Gasteiger partial charge in [0.15, 0.2) is 0 Å². The lowest BCUT2D eigenvalue weighted by Gasteiger charge is -2.70. The van der Waals surface area contributed by atoms with Crippen molar-refractivity contribution in [1.29, 1.82) is 0 Å². The Balaban J connectivity index is 1.51. The van der Waals surface area contributed by atoms with Gasteiger partial charge in [0, 0.05) is 12.3 Å². The Kier molecular flexibility index (Phi) is 5.40. The molecular formula is C32H52O2. The largest absolute Gasteiger partial charge is 0.462 e. The molecule has 0 N–H and O–H groups in total. The highest BCUT2D eigenvalue weighted by atomic mass is 16.5. The van der Waals surface area contributed by atoms with Crippen molar-refractivity contribution in [3.63, 3.8) is 0 Å². The highest BCUT2D eigenvalue weighted by Crippen LogP contribution is 2.75. The highest BCUT2D eigenvalue weighted by molar-refractivity contribution is 5.66. The van der Waals surface area contributed by atoms with Crippen molar-refractivity contribution in [2.75, 3.05) is 0 Å². The molecule has 8 atom stereocenters. The van der Waals surface area contributed by atoms with Crippen molar-refractivity contribution < 1.29 is 9.53 Å². The number of carbonyl (C=O) groups is 1. The van der Waals surface area contributed by atoms with E-state index in [4.69, 9.17) is 4.74 Å². The molecule has 192 valence electrons. The molecule has 0 amide bonds. The highest BCUT2D eigenvalue weighted by Gasteiger charge is 2.67. The van der Waals surface area contributed by atoms with Crippen LogP contribution < -0.4 is 0 Å². The number of rotatable bonds is 1. The molecule has 0 heterocycles. The molecule has 0 aromatic heterocycles. The molecule has 34 heavy (non-hydrogen) atoms. The van der Waals surface area contributed by atoms with Crippen LogP contribution in [0.2, 0.25) is 0 Å². The van der Waals surface area contributed by atoms with E-state index in [1.807, 2.05) is 5.57 Å². The molecule has 4 fully saturated rings. The Morgan fingerprint density at radius 3 is 2.06 bits per heavy atom. The molecule has 0 radical (unpaired) electrons. The van der Waals surface area contributed by atoms with E-state index in [1.165, 1.54) is 57.8 Å².